The third-order valence-corrected chi connectivity index (χ3v) is 5.48. The molecule has 0 aliphatic heterocycles. The molecule has 34 heavy (non-hydrogen) atoms. The first-order valence-electron chi connectivity index (χ1n) is 11.9. The van der Waals surface area contributed by atoms with Gasteiger partial charge in [-0.15, -0.1) is 0 Å². The Morgan fingerprint density at radius 3 is 2.09 bits per heavy atom. The Labute approximate surface area is 203 Å². The van der Waals surface area contributed by atoms with Gasteiger partial charge in [-0.1, -0.05) is 0 Å². The Bertz CT molecular complexity index is 932. The van der Waals surface area contributed by atoms with Crippen molar-refractivity contribution >= 4 is 12.1 Å². The van der Waals surface area contributed by atoms with Crippen LogP contribution >= 0.6 is 0 Å². The van der Waals surface area contributed by atoms with Gasteiger partial charge in [-0.25, -0.2) is 0 Å². The molecular weight excluding hydrogens is 430 g/mol. The number of carbonyl (C=O) groups excluding carboxylic acids is 1. The highest BCUT2D eigenvalue weighted by molar-refractivity contribution is 5.99. The highest BCUT2D eigenvalue weighted by Gasteiger charge is 2.26. The molecule has 0 atom stereocenters. The van der Waals surface area contributed by atoms with E-state index in [0.29, 0.717) is 30.3 Å². The van der Waals surface area contributed by atoms with Crippen molar-refractivity contribution in [2.45, 2.75) is 66.0 Å². The minimum atomic E-state index is -0.0203. The smallest absolute Gasteiger partial charge is 0.258 e. The van der Waals surface area contributed by atoms with Gasteiger partial charge in [0.25, 0.3) is 5.91 Å². The second-order valence-corrected chi connectivity index (χ2v) is 8.82. The summed E-state index contributed by atoms with van der Waals surface area (Å²) >= 11 is 0. The summed E-state index contributed by atoms with van der Waals surface area (Å²) < 4.78 is 17.3. The predicted molar refractivity (Wildman–Crippen MR) is 137 cm³/mol. The third-order valence-electron chi connectivity index (χ3n) is 5.48. The lowest BCUT2D eigenvalue weighted by Gasteiger charge is -2.32. The topological polar surface area (TPSA) is 86.4 Å². The molecule has 7 heteroatoms. The fourth-order valence-electron chi connectivity index (χ4n) is 3.93. The van der Waals surface area contributed by atoms with Crippen LogP contribution in [0.1, 0.15) is 68.4 Å². The maximum atomic E-state index is 13.2. The first-order chi connectivity index (χ1) is 16.3. The van der Waals surface area contributed by atoms with E-state index in [2.05, 4.69) is 5.10 Å². The molecule has 1 amide bonds. The van der Waals surface area contributed by atoms with Gasteiger partial charge in [-0.3, -0.25) is 4.79 Å². The summed E-state index contributed by atoms with van der Waals surface area (Å²) in [5.41, 5.74) is 2.38. The Morgan fingerprint density at radius 1 is 0.971 bits per heavy atom. The number of hydrazone groups is 1. The van der Waals surface area contributed by atoms with Crippen LogP contribution in [-0.2, 0) is 0 Å². The number of ether oxygens (including phenoxy) is 3. The van der Waals surface area contributed by atoms with Gasteiger partial charge in [0, 0.05) is 18.2 Å². The van der Waals surface area contributed by atoms with Crippen molar-refractivity contribution in [2.75, 3.05) is 20.3 Å². The number of carbonyl (C=O) groups is 1. The lowest BCUT2D eigenvalue weighted by atomic mass is 10.0. The molecule has 0 aliphatic rings. The molecule has 7 nitrogen and oxygen atoms in total. The number of nitrogens with two attached hydrogens (primary N) is 1. The van der Waals surface area contributed by atoms with Crippen LogP contribution in [0.15, 0.2) is 41.5 Å². The highest BCUT2D eigenvalue weighted by Crippen LogP contribution is 2.31. The van der Waals surface area contributed by atoms with Crippen molar-refractivity contribution in [3.05, 3.63) is 53.1 Å². The van der Waals surface area contributed by atoms with Gasteiger partial charge in [0.2, 0.25) is 0 Å². The molecule has 0 bridgehead atoms. The second-order valence-electron chi connectivity index (χ2n) is 8.82. The van der Waals surface area contributed by atoms with Crippen LogP contribution < -0.4 is 20.1 Å². The van der Waals surface area contributed by atoms with Crippen LogP contribution in [-0.4, -0.2) is 49.4 Å². The molecule has 0 saturated heterocycles. The Kier molecular flexibility index (Phi) is 10.7. The van der Waals surface area contributed by atoms with E-state index in [0.717, 1.165) is 36.1 Å². The third kappa shape index (κ3) is 7.68. The fraction of sp³-hybridized carbons (Fsp3) is 0.481. The molecule has 0 radical (unpaired) electrons. The zero-order valence-corrected chi connectivity index (χ0v) is 21.3. The number of unbranched alkanes of at least 4 members (excludes halogenated alkanes) is 2. The standard InChI is InChI=1S/C27H39N3O4/c1-19(2)30(20(3)4)27(31)26-21(5)16-24(17-25(26)32-6)34-15-9-7-8-14-33-23-12-10-22(11-13-23)18-29-28/h10-13,16-20H,7-9,14-15,28H2,1-6H3. The fourth-order valence-corrected chi connectivity index (χ4v) is 3.93. The second kappa shape index (κ2) is 13.5. The van der Waals surface area contributed by atoms with E-state index in [1.807, 2.05) is 69.9 Å². The van der Waals surface area contributed by atoms with Crippen LogP contribution in [0.3, 0.4) is 0 Å². The Morgan fingerprint density at radius 2 is 1.56 bits per heavy atom. The summed E-state index contributed by atoms with van der Waals surface area (Å²) in [6, 6.07) is 11.6. The van der Waals surface area contributed by atoms with Crippen molar-refractivity contribution in [2.24, 2.45) is 10.9 Å². The Hall–Kier alpha value is -3.22. The molecule has 2 rings (SSSR count). The minimum absolute atomic E-state index is 0.0203. The summed E-state index contributed by atoms with van der Waals surface area (Å²) in [6.07, 6.45) is 4.43. The molecule has 186 valence electrons. The van der Waals surface area contributed by atoms with Gasteiger partial charge >= 0.3 is 0 Å². The molecule has 0 saturated carbocycles. The van der Waals surface area contributed by atoms with E-state index in [1.165, 1.54) is 0 Å². The number of amides is 1. The number of benzene rings is 2. The maximum absolute atomic E-state index is 13.2. The number of methoxy groups -OCH3 is 1. The molecular formula is C27H39N3O4. The van der Waals surface area contributed by atoms with E-state index in [9.17, 15) is 4.79 Å². The van der Waals surface area contributed by atoms with Crippen molar-refractivity contribution in [1.82, 2.24) is 4.90 Å². The van der Waals surface area contributed by atoms with Crippen LogP contribution in [0.25, 0.3) is 0 Å². The van der Waals surface area contributed by atoms with Gasteiger partial charge in [0.05, 0.1) is 32.1 Å². The van der Waals surface area contributed by atoms with Crippen LogP contribution in [0.5, 0.6) is 17.2 Å². The monoisotopic (exact) mass is 469 g/mol. The van der Waals surface area contributed by atoms with E-state index in [4.69, 9.17) is 20.1 Å². The largest absolute Gasteiger partial charge is 0.496 e. The molecule has 0 aliphatic carbocycles. The lowest BCUT2D eigenvalue weighted by Crippen LogP contribution is -2.42. The van der Waals surface area contributed by atoms with Crippen molar-refractivity contribution < 1.29 is 19.0 Å². The number of aryl methyl sites for hydroxylation is 1. The average Bonchev–Trinajstić information content (AvgIpc) is 2.78. The van der Waals surface area contributed by atoms with Crippen LogP contribution in [0.4, 0.5) is 0 Å². The van der Waals surface area contributed by atoms with Crippen molar-refractivity contribution in [1.29, 1.82) is 0 Å². The number of rotatable bonds is 13. The van der Waals surface area contributed by atoms with Crippen LogP contribution in [0.2, 0.25) is 0 Å². The first-order valence-corrected chi connectivity index (χ1v) is 11.9. The van der Waals surface area contributed by atoms with Crippen molar-refractivity contribution in [3.8, 4) is 17.2 Å². The van der Waals surface area contributed by atoms with Gasteiger partial charge in [0.1, 0.15) is 17.2 Å². The van der Waals surface area contributed by atoms with E-state index >= 15 is 0 Å². The average molecular weight is 470 g/mol. The minimum Gasteiger partial charge on any atom is -0.496 e. The van der Waals surface area contributed by atoms with Gasteiger partial charge in [-0.2, -0.15) is 5.10 Å². The molecule has 0 spiro atoms. The number of hydrogen-bond donors (Lipinski definition) is 1. The zero-order chi connectivity index (χ0) is 25.1. The highest BCUT2D eigenvalue weighted by atomic mass is 16.5. The van der Waals surface area contributed by atoms with Crippen LogP contribution in [0, 0.1) is 6.92 Å². The summed E-state index contributed by atoms with van der Waals surface area (Å²) in [6.45, 7) is 11.3. The van der Waals surface area contributed by atoms with E-state index in [-0.39, 0.29) is 18.0 Å². The zero-order valence-electron chi connectivity index (χ0n) is 21.3. The summed E-state index contributed by atoms with van der Waals surface area (Å²) in [5.74, 6) is 7.22. The number of hydrogen-bond acceptors (Lipinski definition) is 6. The quantitative estimate of drug-likeness (QED) is 0.189. The maximum Gasteiger partial charge on any atom is 0.258 e. The van der Waals surface area contributed by atoms with E-state index in [1.54, 1.807) is 19.4 Å². The lowest BCUT2D eigenvalue weighted by molar-refractivity contribution is 0.0639. The molecule has 2 aromatic carbocycles. The molecule has 0 aromatic heterocycles. The molecule has 0 fully saturated rings. The number of nitrogens with zero attached hydrogens (tertiary/aromatic N) is 2. The molecule has 0 heterocycles. The predicted octanol–water partition coefficient (Wildman–Crippen LogP) is 5.18. The first kappa shape index (κ1) is 27.0. The van der Waals surface area contributed by atoms with Gasteiger partial charge in [-0.05, 0) is 95.3 Å². The Balaban J connectivity index is 1.83. The molecule has 2 aromatic rings. The summed E-state index contributed by atoms with van der Waals surface area (Å²) in [4.78, 5) is 15.1. The summed E-state index contributed by atoms with van der Waals surface area (Å²) in [5, 5.41) is 3.51. The van der Waals surface area contributed by atoms with Gasteiger partial charge in [0.15, 0.2) is 0 Å². The molecule has 2 N–H and O–H groups in total. The van der Waals surface area contributed by atoms with E-state index < -0.39 is 0 Å². The molecule has 0 unspecified atom stereocenters. The van der Waals surface area contributed by atoms with Crippen molar-refractivity contribution in [3.63, 3.8) is 0 Å². The summed E-state index contributed by atoms with van der Waals surface area (Å²) in [7, 11) is 1.59. The van der Waals surface area contributed by atoms with Gasteiger partial charge < -0.3 is 25.0 Å². The SMILES string of the molecule is COc1cc(OCCCCCOc2ccc(C=NN)cc2)cc(C)c1C(=O)N(C(C)C)C(C)C. The normalized spacial score (nSPS) is 11.3.